The molecule has 0 aliphatic carbocycles. The number of hydrogen-bond donors (Lipinski definition) is 1. The van der Waals surface area contributed by atoms with Gasteiger partial charge in [0.15, 0.2) is 0 Å². The third kappa shape index (κ3) is 4.55. The molecule has 0 radical (unpaired) electrons. The summed E-state index contributed by atoms with van der Waals surface area (Å²) in [6.45, 7) is 6.63. The van der Waals surface area contributed by atoms with Crippen LogP contribution in [-0.4, -0.2) is 43.7 Å². The first-order chi connectivity index (χ1) is 10.6. The zero-order valence-electron chi connectivity index (χ0n) is 14.0. The van der Waals surface area contributed by atoms with E-state index in [1.54, 1.807) is 0 Å². The van der Waals surface area contributed by atoms with Crippen molar-refractivity contribution in [2.75, 3.05) is 32.1 Å². The van der Waals surface area contributed by atoms with Gasteiger partial charge in [-0.2, -0.15) is 0 Å². The number of aryl methyl sites for hydroxylation is 2. The van der Waals surface area contributed by atoms with Gasteiger partial charge in [0, 0.05) is 37.9 Å². The molecule has 0 aromatic heterocycles. The number of hydrogen-bond acceptors (Lipinski definition) is 3. The average Bonchev–Trinajstić information content (AvgIpc) is 2.55. The van der Waals surface area contributed by atoms with Crippen LogP contribution in [0.25, 0.3) is 0 Å². The normalized spacial score (nSPS) is 16.0. The van der Waals surface area contributed by atoms with E-state index in [-0.39, 0.29) is 5.91 Å². The number of nitrogens with one attached hydrogen (secondary N) is 1. The van der Waals surface area contributed by atoms with Crippen LogP contribution in [-0.2, 0) is 16.0 Å². The molecule has 1 aliphatic rings. The summed E-state index contributed by atoms with van der Waals surface area (Å²) in [5, 5.41) is 3.10. The molecule has 0 bridgehead atoms. The van der Waals surface area contributed by atoms with Gasteiger partial charge >= 0.3 is 0 Å². The lowest BCUT2D eigenvalue weighted by molar-refractivity contribution is -0.116. The highest BCUT2D eigenvalue weighted by Crippen LogP contribution is 2.21. The van der Waals surface area contributed by atoms with E-state index >= 15 is 0 Å². The van der Waals surface area contributed by atoms with Crippen molar-refractivity contribution in [2.24, 2.45) is 0 Å². The molecule has 1 aromatic carbocycles. The topological polar surface area (TPSA) is 41.6 Å². The Balaban J connectivity index is 1.85. The number of carbonyl (C=O) groups excluding carboxylic acids is 1. The lowest BCUT2D eigenvalue weighted by Gasteiger charge is -2.31. The fourth-order valence-corrected chi connectivity index (χ4v) is 2.99. The molecule has 2 rings (SSSR count). The number of benzene rings is 1. The SMILES string of the molecule is CCc1cccc(C)c1NC(=O)CCN(C)C1CCOCC1. The van der Waals surface area contributed by atoms with Crippen molar-refractivity contribution in [3.8, 4) is 0 Å². The number of para-hydroxylation sites is 1. The van der Waals surface area contributed by atoms with E-state index in [1.807, 2.05) is 19.1 Å². The minimum Gasteiger partial charge on any atom is -0.381 e. The van der Waals surface area contributed by atoms with Crippen molar-refractivity contribution in [1.29, 1.82) is 0 Å². The molecule has 1 amide bonds. The van der Waals surface area contributed by atoms with E-state index in [9.17, 15) is 4.79 Å². The maximum Gasteiger partial charge on any atom is 0.225 e. The predicted molar refractivity (Wildman–Crippen MR) is 90.3 cm³/mol. The van der Waals surface area contributed by atoms with Gasteiger partial charge in [0.25, 0.3) is 0 Å². The first-order valence-electron chi connectivity index (χ1n) is 8.28. The Bertz CT molecular complexity index is 496. The van der Waals surface area contributed by atoms with E-state index in [1.165, 1.54) is 5.56 Å². The molecule has 1 fully saturated rings. The minimum absolute atomic E-state index is 0.0999. The van der Waals surface area contributed by atoms with Crippen LogP contribution in [0.15, 0.2) is 18.2 Å². The van der Waals surface area contributed by atoms with Crippen molar-refractivity contribution in [2.45, 2.75) is 45.6 Å². The molecule has 0 saturated carbocycles. The Kier molecular flexibility index (Phi) is 6.40. The van der Waals surface area contributed by atoms with Crippen LogP contribution in [0.5, 0.6) is 0 Å². The zero-order chi connectivity index (χ0) is 15.9. The first-order valence-corrected chi connectivity index (χ1v) is 8.28. The highest BCUT2D eigenvalue weighted by Gasteiger charge is 2.19. The Morgan fingerprint density at radius 1 is 1.36 bits per heavy atom. The molecule has 1 aromatic rings. The van der Waals surface area contributed by atoms with E-state index in [0.717, 1.165) is 50.3 Å². The Labute approximate surface area is 133 Å². The number of nitrogens with zero attached hydrogens (tertiary/aromatic N) is 1. The number of carbonyl (C=O) groups is 1. The molecule has 1 heterocycles. The second-order valence-corrected chi connectivity index (χ2v) is 6.08. The molecule has 1 N–H and O–H groups in total. The van der Waals surface area contributed by atoms with Gasteiger partial charge in [-0.3, -0.25) is 4.79 Å². The van der Waals surface area contributed by atoms with Crippen LogP contribution in [0.4, 0.5) is 5.69 Å². The standard InChI is InChI=1S/C18H28N2O2/c1-4-15-7-5-6-14(2)18(15)19-17(21)8-11-20(3)16-9-12-22-13-10-16/h5-7,16H,4,8-13H2,1-3H3,(H,19,21). The molecule has 4 nitrogen and oxygen atoms in total. The summed E-state index contributed by atoms with van der Waals surface area (Å²) in [5.41, 5.74) is 3.32. The third-order valence-corrected chi connectivity index (χ3v) is 4.51. The number of rotatable bonds is 6. The van der Waals surface area contributed by atoms with E-state index in [0.29, 0.717) is 12.5 Å². The second kappa shape index (κ2) is 8.30. The van der Waals surface area contributed by atoms with Crippen LogP contribution >= 0.6 is 0 Å². The Hall–Kier alpha value is -1.39. The largest absolute Gasteiger partial charge is 0.381 e. The van der Waals surface area contributed by atoms with Crippen molar-refractivity contribution in [3.63, 3.8) is 0 Å². The summed E-state index contributed by atoms with van der Waals surface area (Å²) < 4.78 is 5.39. The lowest BCUT2D eigenvalue weighted by atomic mass is 10.1. The fraction of sp³-hybridized carbons (Fsp3) is 0.611. The van der Waals surface area contributed by atoms with E-state index in [2.05, 4.69) is 30.3 Å². The minimum atomic E-state index is 0.0999. The molecule has 122 valence electrons. The molecule has 1 saturated heterocycles. The number of amides is 1. The first kappa shape index (κ1) is 17.0. The van der Waals surface area contributed by atoms with Gasteiger partial charge in [0.1, 0.15) is 0 Å². The summed E-state index contributed by atoms with van der Waals surface area (Å²) in [6, 6.07) is 6.72. The molecule has 0 unspecified atom stereocenters. The molecular weight excluding hydrogens is 276 g/mol. The Morgan fingerprint density at radius 2 is 2.09 bits per heavy atom. The number of anilines is 1. The Morgan fingerprint density at radius 3 is 2.77 bits per heavy atom. The van der Waals surface area contributed by atoms with Gasteiger partial charge in [0.05, 0.1) is 0 Å². The quantitative estimate of drug-likeness (QED) is 0.878. The molecule has 1 aliphatic heterocycles. The van der Waals surface area contributed by atoms with Crippen molar-refractivity contribution < 1.29 is 9.53 Å². The average molecular weight is 304 g/mol. The maximum absolute atomic E-state index is 12.3. The smallest absolute Gasteiger partial charge is 0.225 e. The van der Waals surface area contributed by atoms with Crippen LogP contribution in [0, 0.1) is 6.92 Å². The van der Waals surface area contributed by atoms with Gasteiger partial charge < -0.3 is 15.0 Å². The van der Waals surface area contributed by atoms with Crippen molar-refractivity contribution >= 4 is 11.6 Å². The third-order valence-electron chi connectivity index (χ3n) is 4.51. The van der Waals surface area contributed by atoms with Crippen molar-refractivity contribution in [3.05, 3.63) is 29.3 Å². The lowest BCUT2D eigenvalue weighted by Crippen LogP contribution is -2.38. The van der Waals surface area contributed by atoms with Crippen molar-refractivity contribution in [1.82, 2.24) is 4.90 Å². The van der Waals surface area contributed by atoms with E-state index < -0.39 is 0 Å². The number of ether oxygens (including phenoxy) is 1. The zero-order valence-corrected chi connectivity index (χ0v) is 14.0. The van der Waals surface area contributed by atoms with Gasteiger partial charge in [-0.1, -0.05) is 25.1 Å². The summed E-state index contributed by atoms with van der Waals surface area (Å²) in [5.74, 6) is 0.0999. The maximum atomic E-state index is 12.3. The summed E-state index contributed by atoms with van der Waals surface area (Å²) in [4.78, 5) is 14.5. The van der Waals surface area contributed by atoms with Crippen LogP contribution in [0.1, 0.15) is 37.3 Å². The fourth-order valence-electron chi connectivity index (χ4n) is 2.99. The van der Waals surface area contributed by atoms with Gasteiger partial charge in [-0.25, -0.2) is 0 Å². The molecular formula is C18H28N2O2. The summed E-state index contributed by atoms with van der Waals surface area (Å²) >= 11 is 0. The predicted octanol–water partition coefficient (Wildman–Crippen LogP) is 3.00. The second-order valence-electron chi connectivity index (χ2n) is 6.08. The highest BCUT2D eigenvalue weighted by molar-refractivity contribution is 5.92. The molecule has 4 heteroatoms. The summed E-state index contributed by atoms with van der Waals surface area (Å²) in [6.07, 6.45) is 3.59. The summed E-state index contributed by atoms with van der Waals surface area (Å²) in [7, 11) is 2.11. The van der Waals surface area contributed by atoms with Crippen LogP contribution < -0.4 is 5.32 Å². The van der Waals surface area contributed by atoms with Crippen LogP contribution in [0.2, 0.25) is 0 Å². The van der Waals surface area contributed by atoms with Gasteiger partial charge in [-0.15, -0.1) is 0 Å². The molecule has 0 spiro atoms. The van der Waals surface area contributed by atoms with Gasteiger partial charge in [-0.05, 0) is 44.4 Å². The molecule has 0 atom stereocenters. The van der Waals surface area contributed by atoms with Gasteiger partial charge in [0.2, 0.25) is 5.91 Å². The van der Waals surface area contributed by atoms with E-state index in [4.69, 9.17) is 4.74 Å². The van der Waals surface area contributed by atoms with Crippen LogP contribution in [0.3, 0.4) is 0 Å². The molecule has 22 heavy (non-hydrogen) atoms. The monoisotopic (exact) mass is 304 g/mol. The highest BCUT2D eigenvalue weighted by atomic mass is 16.5.